The molecule has 0 bridgehead atoms. The Morgan fingerprint density at radius 2 is 2.11 bits per heavy atom. The number of oxime groups is 1. The molecule has 0 unspecified atom stereocenters. The average Bonchev–Trinajstić information content (AvgIpc) is 2.35. The summed E-state index contributed by atoms with van der Waals surface area (Å²) in [6.07, 6.45) is 3.39. The van der Waals surface area contributed by atoms with Crippen LogP contribution in [0.3, 0.4) is 0 Å². The summed E-state index contributed by atoms with van der Waals surface area (Å²) in [6, 6.07) is 3.37. The van der Waals surface area contributed by atoms with Gasteiger partial charge in [-0.1, -0.05) is 11.2 Å². The number of ether oxygens (including phenoxy) is 1. The zero-order valence-electron chi connectivity index (χ0n) is 10.8. The van der Waals surface area contributed by atoms with Gasteiger partial charge in [0.05, 0.1) is 24.8 Å². The fraction of sp³-hybridized carbons (Fsp3) is 0.417. The van der Waals surface area contributed by atoms with Gasteiger partial charge in [-0.05, 0) is 25.3 Å². The Hall–Kier alpha value is -1.76. The van der Waals surface area contributed by atoms with E-state index in [1.54, 1.807) is 12.1 Å². The van der Waals surface area contributed by atoms with Crippen LogP contribution in [0.4, 0.5) is 5.69 Å². The predicted molar refractivity (Wildman–Crippen MR) is 72.7 cm³/mol. The van der Waals surface area contributed by atoms with E-state index < -0.39 is 10.0 Å². The van der Waals surface area contributed by atoms with Gasteiger partial charge in [-0.15, -0.1) is 0 Å². The number of anilines is 1. The third-order valence-corrected chi connectivity index (χ3v) is 3.62. The van der Waals surface area contributed by atoms with Crippen molar-refractivity contribution in [3.05, 3.63) is 23.3 Å². The summed E-state index contributed by atoms with van der Waals surface area (Å²) in [6.45, 7) is 0. The first-order chi connectivity index (χ1) is 8.96. The lowest BCUT2D eigenvalue weighted by Crippen LogP contribution is -2.16. The van der Waals surface area contributed by atoms with Crippen molar-refractivity contribution in [2.75, 3.05) is 18.1 Å². The fourth-order valence-electron chi connectivity index (χ4n) is 2.33. The lowest BCUT2D eigenvalue weighted by molar-refractivity contribution is 0.317. The molecule has 0 aliphatic heterocycles. The topological polar surface area (TPSA) is 88.0 Å². The van der Waals surface area contributed by atoms with E-state index in [9.17, 15) is 8.42 Å². The lowest BCUT2D eigenvalue weighted by atomic mass is 9.89. The van der Waals surface area contributed by atoms with Crippen molar-refractivity contribution < 1.29 is 18.4 Å². The number of fused-ring (bicyclic) bond motifs is 1. The molecule has 7 heteroatoms. The standard InChI is InChI=1S/C12H16N2O4S/c1-18-12-9-4-3-5-10(13-15)8(9)6-7-11(12)14-19(2,16)17/h6-7,14-15H,3-5H2,1-2H3/b13-10+. The van der Waals surface area contributed by atoms with Gasteiger partial charge in [0.25, 0.3) is 0 Å². The summed E-state index contributed by atoms with van der Waals surface area (Å²) in [7, 11) is -1.87. The molecule has 1 aromatic rings. The van der Waals surface area contributed by atoms with Gasteiger partial charge in [-0.3, -0.25) is 4.72 Å². The molecule has 1 aliphatic rings. The van der Waals surface area contributed by atoms with Gasteiger partial charge in [-0.25, -0.2) is 8.42 Å². The highest BCUT2D eigenvalue weighted by Crippen LogP contribution is 2.36. The summed E-state index contributed by atoms with van der Waals surface area (Å²) in [5.74, 6) is 0.490. The highest BCUT2D eigenvalue weighted by Gasteiger charge is 2.22. The smallest absolute Gasteiger partial charge is 0.229 e. The number of nitrogens with zero attached hydrogens (tertiary/aromatic N) is 1. The maximum Gasteiger partial charge on any atom is 0.229 e. The van der Waals surface area contributed by atoms with E-state index in [1.807, 2.05) is 0 Å². The molecule has 0 saturated heterocycles. The third-order valence-electron chi connectivity index (χ3n) is 3.03. The van der Waals surface area contributed by atoms with E-state index in [2.05, 4.69) is 9.88 Å². The normalized spacial score (nSPS) is 17.1. The second-order valence-corrected chi connectivity index (χ2v) is 6.20. The minimum Gasteiger partial charge on any atom is -0.494 e. The number of hydrogen-bond donors (Lipinski definition) is 2. The van der Waals surface area contributed by atoms with Crippen LogP contribution in [0.25, 0.3) is 0 Å². The molecule has 0 saturated carbocycles. The van der Waals surface area contributed by atoms with E-state index >= 15 is 0 Å². The van der Waals surface area contributed by atoms with Crippen molar-refractivity contribution >= 4 is 21.4 Å². The van der Waals surface area contributed by atoms with Crippen LogP contribution >= 0.6 is 0 Å². The molecule has 6 nitrogen and oxygen atoms in total. The van der Waals surface area contributed by atoms with Crippen molar-refractivity contribution in [2.45, 2.75) is 19.3 Å². The van der Waals surface area contributed by atoms with Crippen molar-refractivity contribution in [1.82, 2.24) is 0 Å². The van der Waals surface area contributed by atoms with Gasteiger partial charge in [0.15, 0.2) is 0 Å². The summed E-state index contributed by atoms with van der Waals surface area (Å²) < 4.78 is 30.4. The van der Waals surface area contributed by atoms with Gasteiger partial charge in [0.1, 0.15) is 5.75 Å². The molecule has 0 amide bonds. The highest BCUT2D eigenvalue weighted by atomic mass is 32.2. The van der Waals surface area contributed by atoms with E-state index in [0.29, 0.717) is 23.6 Å². The van der Waals surface area contributed by atoms with E-state index in [4.69, 9.17) is 9.94 Å². The van der Waals surface area contributed by atoms with E-state index in [0.717, 1.165) is 30.2 Å². The molecule has 104 valence electrons. The van der Waals surface area contributed by atoms with Gasteiger partial charge < -0.3 is 9.94 Å². The number of methoxy groups -OCH3 is 1. The minimum atomic E-state index is -3.37. The van der Waals surface area contributed by atoms with Crippen molar-refractivity contribution in [3.63, 3.8) is 0 Å². The van der Waals surface area contributed by atoms with E-state index in [-0.39, 0.29) is 0 Å². The van der Waals surface area contributed by atoms with Crippen molar-refractivity contribution in [3.8, 4) is 5.75 Å². The second-order valence-electron chi connectivity index (χ2n) is 4.45. The molecule has 2 rings (SSSR count). The molecule has 1 aromatic carbocycles. The maximum atomic E-state index is 11.3. The molecule has 19 heavy (non-hydrogen) atoms. The highest BCUT2D eigenvalue weighted by molar-refractivity contribution is 7.92. The monoisotopic (exact) mass is 284 g/mol. The van der Waals surface area contributed by atoms with Crippen LogP contribution in [0.1, 0.15) is 24.0 Å². The van der Waals surface area contributed by atoms with Crippen molar-refractivity contribution in [1.29, 1.82) is 0 Å². The minimum absolute atomic E-state index is 0.405. The Bertz CT molecular complexity index is 623. The Kier molecular flexibility index (Phi) is 3.66. The first-order valence-electron chi connectivity index (χ1n) is 5.85. The quantitative estimate of drug-likeness (QED) is 0.651. The van der Waals surface area contributed by atoms with Crippen LogP contribution in [-0.4, -0.2) is 32.7 Å². The molecule has 0 aromatic heterocycles. The summed E-state index contributed by atoms with van der Waals surface area (Å²) in [5, 5.41) is 12.3. The van der Waals surface area contributed by atoms with Gasteiger partial charge in [0.2, 0.25) is 10.0 Å². The van der Waals surface area contributed by atoms with Gasteiger partial charge in [0, 0.05) is 11.1 Å². The van der Waals surface area contributed by atoms with Crippen LogP contribution in [0.2, 0.25) is 0 Å². The number of benzene rings is 1. The molecule has 0 radical (unpaired) electrons. The zero-order valence-corrected chi connectivity index (χ0v) is 11.6. The Labute approximate surface area is 112 Å². The maximum absolute atomic E-state index is 11.3. The largest absolute Gasteiger partial charge is 0.494 e. The molecular formula is C12H16N2O4S. The second kappa shape index (κ2) is 5.08. The Balaban J connectivity index is 2.56. The van der Waals surface area contributed by atoms with Crippen LogP contribution in [0.5, 0.6) is 5.75 Å². The Morgan fingerprint density at radius 1 is 1.37 bits per heavy atom. The predicted octanol–water partition coefficient (Wildman–Crippen LogP) is 1.58. The van der Waals surface area contributed by atoms with Crippen molar-refractivity contribution in [2.24, 2.45) is 5.16 Å². The van der Waals surface area contributed by atoms with E-state index in [1.165, 1.54) is 7.11 Å². The summed E-state index contributed by atoms with van der Waals surface area (Å²) >= 11 is 0. The zero-order chi connectivity index (χ0) is 14.0. The molecule has 2 N–H and O–H groups in total. The molecule has 0 fully saturated rings. The van der Waals surface area contributed by atoms with Crippen LogP contribution in [0.15, 0.2) is 17.3 Å². The Morgan fingerprint density at radius 3 is 2.68 bits per heavy atom. The van der Waals surface area contributed by atoms with Gasteiger partial charge >= 0.3 is 0 Å². The molecule has 1 aliphatic carbocycles. The number of hydrogen-bond acceptors (Lipinski definition) is 5. The summed E-state index contributed by atoms with van der Waals surface area (Å²) in [4.78, 5) is 0. The summed E-state index contributed by atoms with van der Waals surface area (Å²) in [5.41, 5.74) is 2.69. The number of nitrogens with one attached hydrogen (secondary N) is 1. The van der Waals surface area contributed by atoms with Crippen LogP contribution < -0.4 is 9.46 Å². The first-order valence-corrected chi connectivity index (χ1v) is 7.74. The number of rotatable bonds is 3. The fourth-order valence-corrected chi connectivity index (χ4v) is 2.89. The molecular weight excluding hydrogens is 268 g/mol. The van der Waals surface area contributed by atoms with Crippen LogP contribution in [-0.2, 0) is 16.4 Å². The first kappa shape index (κ1) is 13.7. The van der Waals surface area contributed by atoms with Crippen LogP contribution in [0, 0.1) is 0 Å². The number of sulfonamides is 1. The average molecular weight is 284 g/mol. The SMILES string of the molecule is COc1c(NS(C)(=O)=O)ccc2c1CCC/C2=N\O. The molecule has 0 heterocycles. The third kappa shape index (κ3) is 2.81. The lowest BCUT2D eigenvalue weighted by Gasteiger charge is -2.21. The molecule has 0 atom stereocenters. The van der Waals surface area contributed by atoms with Gasteiger partial charge in [-0.2, -0.15) is 0 Å². The molecule has 0 spiro atoms.